The summed E-state index contributed by atoms with van der Waals surface area (Å²) in [6.07, 6.45) is 12.2. The SMILES string of the molecule is C[NH+]=C1C=CC2=C(c3cc(C(=O)NCCOCCOCCCCCCCl)ccc3C(=O)NC#N)c3ccc(N)cc3[Si](C)(C)C2=C1. The fourth-order valence-electron chi connectivity index (χ4n) is 5.83. The maximum absolute atomic E-state index is 13.3. The Kier molecular flexibility index (Phi) is 12.5. The molecular formula is C35H43ClN5O4Si+. The molecule has 11 heteroatoms. The molecule has 0 fully saturated rings. The lowest BCUT2D eigenvalue weighted by atomic mass is 9.86. The Labute approximate surface area is 277 Å². The lowest BCUT2D eigenvalue weighted by Gasteiger charge is -2.37. The Balaban J connectivity index is 1.57. The van der Waals surface area contributed by atoms with Crippen LogP contribution in [0.25, 0.3) is 5.57 Å². The van der Waals surface area contributed by atoms with Gasteiger partial charge >= 0.3 is 0 Å². The number of carbonyl (C=O) groups is 2. The van der Waals surface area contributed by atoms with E-state index >= 15 is 0 Å². The monoisotopic (exact) mass is 660 g/mol. The van der Waals surface area contributed by atoms with Crippen molar-refractivity contribution in [2.24, 2.45) is 0 Å². The minimum atomic E-state index is -2.22. The number of fused-ring (bicyclic) bond motifs is 2. The molecule has 0 aromatic heterocycles. The molecule has 2 aromatic rings. The van der Waals surface area contributed by atoms with Crippen LogP contribution in [0.15, 0.2) is 65.4 Å². The number of hydrogen-bond donors (Lipinski definition) is 4. The number of nitrogens with one attached hydrogen (secondary N) is 3. The van der Waals surface area contributed by atoms with E-state index in [-0.39, 0.29) is 5.91 Å². The number of nitrogens with two attached hydrogens (primary N) is 1. The van der Waals surface area contributed by atoms with Gasteiger partial charge in [0.25, 0.3) is 11.8 Å². The van der Waals surface area contributed by atoms with Crippen LogP contribution < -0.4 is 26.5 Å². The van der Waals surface area contributed by atoms with E-state index in [9.17, 15) is 14.9 Å². The third-order valence-corrected chi connectivity index (χ3v) is 12.1. The number of amides is 2. The molecule has 0 spiro atoms. The first kappa shape index (κ1) is 34.9. The summed E-state index contributed by atoms with van der Waals surface area (Å²) in [6.45, 7) is 6.87. The van der Waals surface area contributed by atoms with E-state index in [2.05, 4.69) is 40.9 Å². The van der Waals surface area contributed by atoms with E-state index in [1.165, 1.54) is 5.20 Å². The predicted molar refractivity (Wildman–Crippen MR) is 186 cm³/mol. The highest BCUT2D eigenvalue weighted by molar-refractivity contribution is 6.98. The number of nitrogen functional groups attached to an aromatic ring is 1. The van der Waals surface area contributed by atoms with Gasteiger partial charge in [-0.2, -0.15) is 5.26 Å². The van der Waals surface area contributed by atoms with Crippen molar-refractivity contribution >= 4 is 53.6 Å². The minimum absolute atomic E-state index is 0.292. The number of alkyl halides is 1. The van der Waals surface area contributed by atoms with Crippen molar-refractivity contribution in [1.29, 1.82) is 5.26 Å². The van der Waals surface area contributed by atoms with Gasteiger partial charge in [0.05, 0.1) is 19.8 Å². The van der Waals surface area contributed by atoms with Gasteiger partial charge in [-0.1, -0.05) is 32.0 Å². The fraction of sp³-hybridized carbons (Fsp3) is 0.371. The van der Waals surface area contributed by atoms with Gasteiger partial charge in [-0.25, -0.2) is 4.99 Å². The van der Waals surface area contributed by atoms with Gasteiger partial charge in [0, 0.05) is 48.0 Å². The normalized spacial score (nSPS) is 15.5. The highest BCUT2D eigenvalue weighted by Crippen LogP contribution is 2.42. The molecule has 0 atom stereocenters. The molecule has 0 saturated carbocycles. The summed E-state index contributed by atoms with van der Waals surface area (Å²) in [5, 5.41) is 16.8. The van der Waals surface area contributed by atoms with Crippen LogP contribution in [-0.4, -0.2) is 71.5 Å². The molecule has 1 aliphatic carbocycles. The summed E-state index contributed by atoms with van der Waals surface area (Å²) >= 11 is 5.70. The summed E-state index contributed by atoms with van der Waals surface area (Å²) in [5.74, 6) is -0.136. The van der Waals surface area contributed by atoms with Crippen LogP contribution in [0.4, 0.5) is 5.69 Å². The zero-order valence-electron chi connectivity index (χ0n) is 26.8. The van der Waals surface area contributed by atoms with Crippen molar-refractivity contribution < 1.29 is 24.1 Å². The van der Waals surface area contributed by atoms with Crippen molar-refractivity contribution in [2.45, 2.75) is 38.8 Å². The summed E-state index contributed by atoms with van der Waals surface area (Å²) in [4.78, 5) is 29.7. The molecule has 242 valence electrons. The van der Waals surface area contributed by atoms with Crippen molar-refractivity contribution in [3.8, 4) is 6.19 Å². The molecule has 4 rings (SSSR count). The van der Waals surface area contributed by atoms with Gasteiger partial charge in [0.2, 0.25) is 0 Å². The number of nitrogens with zero attached hydrogens (tertiary/aromatic N) is 1. The van der Waals surface area contributed by atoms with E-state index < -0.39 is 14.0 Å². The highest BCUT2D eigenvalue weighted by atomic mass is 35.5. The third kappa shape index (κ3) is 8.22. The second kappa shape index (κ2) is 16.5. The van der Waals surface area contributed by atoms with Crippen LogP contribution in [0.2, 0.25) is 13.1 Å². The quantitative estimate of drug-likeness (QED) is 0.0579. The van der Waals surface area contributed by atoms with E-state index in [0.29, 0.717) is 61.2 Å². The number of rotatable bonds is 15. The van der Waals surface area contributed by atoms with Crippen LogP contribution >= 0.6 is 11.6 Å². The summed E-state index contributed by atoms with van der Waals surface area (Å²) in [5.41, 5.74) is 11.9. The summed E-state index contributed by atoms with van der Waals surface area (Å²) < 4.78 is 11.2. The number of hydrogen-bond acceptors (Lipinski definition) is 6. The Bertz CT molecular complexity index is 1620. The van der Waals surface area contributed by atoms with Gasteiger partial charge in [-0.3, -0.25) is 14.9 Å². The fourth-order valence-corrected chi connectivity index (χ4v) is 9.12. The van der Waals surface area contributed by atoms with Crippen LogP contribution in [-0.2, 0) is 9.47 Å². The third-order valence-electron chi connectivity index (χ3n) is 8.28. The van der Waals surface area contributed by atoms with Gasteiger partial charge in [-0.05, 0) is 81.9 Å². The molecule has 0 unspecified atom stereocenters. The van der Waals surface area contributed by atoms with Gasteiger partial charge in [0.1, 0.15) is 15.1 Å². The zero-order chi connectivity index (χ0) is 33.1. The first-order chi connectivity index (χ1) is 22.2. The average Bonchev–Trinajstić information content (AvgIpc) is 3.05. The maximum atomic E-state index is 13.3. The second-order valence-corrected chi connectivity index (χ2v) is 16.4. The number of unbranched alkanes of at least 4 members (excludes halogenated alkanes) is 3. The molecule has 5 N–H and O–H groups in total. The molecule has 46 heavy (non-hydrogen) atoms. The van der Waals surface area contributed by atoms with Gasteiger partial charge < -0.3 is 20.5 Å². The Morgan fingerprint density at radius 3 is 2.46 bits per heavy atom. The first-order valence-corrected chi connectivity index (χ1v) is 19.2. The van der Waals surface area contributed by atoms with E-state index in [4.69, 9.17) is 26.8 Å². The highest BCUT2D eigenvalue weighted by Gasteiger charge is 2.40. The van der Waals surface area contributed by atoms with E-state index in [1.807, 2.05) is 31.3 Å². The van der Waals surface area contributed by atoms with Crippen LogP contribution in [0.1, 0.15) is 57.5 Å². The van der Waals surface area contributed by atoms with Crippen molar-refractivity contribution in [1.82, 2.24) is 10.6 Å². The van der Waals surface area contributed by atoms with Crippen molar-refractivity contribution in [2.75, 3.05) is 51.6 Å². The molecule has 1 heterocycles. The van der Waals surface area contributed by atoms with Gasteiger partial charge in [0.15, 0.2) is 11.9 Å². The van der Waals surface area contributed by atoms with Gasteiger partial charge in [-0.15, -0.1) is 11.6 Å². The smallest absolute Gasteiger partial charge is 0.264 e. The summed E-state index contributed by atoms with van der Waals surface area (Å²) in [7, 11) is -0.342. The molecule has 2 aliphatic rings. The van der Waals surface area contributed by atoms with Crippen LogP contribution in [0.5, 0.6) is 0 Å². The van der Waals surface area contributed by atoms with E-state index in [0.717, 1.165) is 53.3 Å². The standard InChI is InChI=1S/C35H42ClN5O4Si/c1-39-26-10-13-29-32(22-26)46(2,3)31-21-25(38)9-12-28(31)33(29)30-20-24(8-11-27(30)35(43)41-23-37)34(42)40-15-17-45-19-18-44-16-7-5-4-6-14-36/h8-13,20-22H,4-7,14-19,38H2,1-3H3,(H,40,42)(H,41,43)/p+1. The molecule has 1 aliphatic heterocycles. The lowest BCUT2D eigenvalue weighted by molar-refractivity contribution is -0.417. The molecule has 0 radical (unpaired) electrons. The maximum Gasteiger partial charge on any atom is 0.264 e. The molecule has 2 aromatic carbocycles. The average molecular weight is 661 g/mol. The lowest BCUT2D eigenvalue weighted by Crippen LogP contribution is -2.67. The summed E-state index contributed by atoms with van der Waals surface area (Å²) in [6, 6.07) is 10.8. The van der Waals surface area contributed by atoms with Crippen molar-refractivity contribution in [3.05, 3.63) is 87.6 Å². The number of allylic oxidation sites excluding steroid dienone is 5. The molecule has 2 amide bonds. The largest absolute Gasteiger partial charge is 0.399 e. The molecule has 0 bridgehead atoms. The molecular weight excluding hydrogens is 618 g/mol. The number of anilines is 1. The number of carbonyl (C=O) groups excluding carboxylic acids is 2. The van der Waals surface area contributed by atoms with Crippen LogP contribution in [0.3, 0.4) is 0 Å². The zero-order valence-corrected chi connectivity index (χ0v) is 28.6. The number of benzene rings is 2. The Morgan fingerprint density at radius 2 is 1.72 bits per heavy atom. The number of halogens is 1. The second-order valence-electron chi connectivity index (χ2n) is 11.7. The Hall–Kier alpha value is -4.01. The topological polar surface area (TPSA) is 140 Å². The minimum Gasteiger partial charge on any atom is -0.399 e. The van der Waals surface area contributed by atoms with E-state index in [1.54, 1.807) is 24.4 Å². The molecule has 9 nitrogen and oxygen atoms in total. The molecule has 0 saturated heterocycles. The first-order valence-electron chi connectivity index (χ1n) is 15.7. The number of nitriles is 1. The van der Waals surface area contributed by atoms with Crippen LogP contribution in [0, 0.1) is 11.5 Å². The predicted octanol–water partition coefficient (Wildman–Crippen LogP) is 2.96. The number of ether oxygens (including phenoxy) is 2. The Morgan fingerprint density at radius 1 is 0.957 bits per heavy atom. The van der Waals surface area contributed by atoms with Crippen molar-refractivity contribution in [3.63, 3.8) is 0 Å².